The lowest BCUT2D eigenvalue weighted by atomic mass is 9.87. The van der Waals surface area contributed by atoms with E-state index in [-0.39, 0.29) is 5.56 Å². The summed E-state index contributed by atoms with van der Waals surface area (Å²) in [5, 5.41) is 0.958. The van der Waals surface area contributed by atoms with E-state index in [1.807, 2.05) is 0 Å². The largest absolute Gasteiger partial charge is 0.430 e. The highest BCUT2D eigenvalue weighted by Gasteiger charge is 2.24. The van der Waals surface area contributed by atoms with Crippen LogP contribution in [0.25, 0.3) is 22.2 Å². The van der Waals surface area contributed by atoms with Crippen molar-refractivity contribution in [2.24, 2.45) is 13.0 Å². The molecule has 0 radical (unpaired) electrons. The molecule has 0 saturated heterocycles. The van der Waals surface area contributed by atoms with Gasteiger partial charge in [0.2, 0.25) is 11.3 Å². The molecule has 23 heavy (non-hydrogen) atoms. The standard InChI is InChI=1S/C18H21N3O2/c1-10(2)8-13-11-6-4-5-7-12(11)14-15-16(23-17(14)20-13)18(22)21(3)9-19-15/h9-10H,4-8H2,1-3H3. The summed E-state index contributed by atoms with van der Waals surface area (Å²) in [4.78, 5) is 21.6. The van der Waals surface area contributed by atoms with E-state index in [4.69, 9.17) is 9.40 Å². The molecule has 1 aliphatic carbocycles. The Morgan fingerprint density at radius 3 is 2.74 bits per heavy atom. The van der Waals surface area contributed by atoms with Gasteiger partial charge in [-0.15, -0.1) is 0 Å². The Morgan fingerprint density at radius 1 is 1.26 bits per heavy atom. The van der Waals surface area contributed by atoms with Crippen molar-refractivity contribution in [3.8, 4) is 0 Å². The van der Waals surface area contributed by atoms with Crippen LogP contribution in [-0.2, 0) is 26.3 Å². The predicted molar refractivity (Wildman–Crippen MR) is 89.7 cm³/mol. The lowest BCUT2D eigenvalue weighted by Gasteiger charge is -2.20. The van der Waals surface area contributed by atoms with Gasteiger partial charge in [0.05, 0.1) is 11.7 Å². The zero-order valence-electron chi connectivity index (χ0n) is 13.8. The molecular weight excluding hydrogens is 290 g/mol. The SMILES string of the molecule is CC(C)Cc1nc2oc3c(=O)n(C)cnc3c2c2c1CCCC2. The number of pyridine rings is 1. The quantitative estimate of drug-likeness (QED) is 0.729. The first-order valence-corrected chi connectivity index (χ1v) is 8.34. The van der Waals surface area contributed by atoms with Crippen molar-refractivity contribution in [1.29, 1.82) is 0 Å². The molecule has 0 amide bonds. The molecule has 0 bridgehead atoms. The van der Waals surface area contributed by atoms with Gasteiger partial charge in [-0.2, -0.15) is 0 Å². The Labute approximate surface area is 134 Å². The highest BCUT2D eigenvalue weighted by atomic mass is 16.3. The maximum Gasteiger partial charge on any atom is 0.296 e. The van der Waals surface area contributed by atoms with E-state index in [9.17, 15) is 4.79 Å². The lowest BCUT2D eigenvalue weighted by Crippen LogP contribution is -2.16. The lowest BCUT2D eigenvalue weighted by molar-refractivity contribution is 0.599. The topological polar surface area (TPSA) is 60.9 Å². The molecule has 3 aromatic heterocycles. The van der Waals surface area contributed by atoms with Crippen molar-refractivity contribution < 1.29 is 4.42 Å². The summed E-state index contributed by atoms with van der Waals surface area (Å²) in [6, 6.07) is 0. The molecule has 0 unspecified atom stereocenters. The molecular formula is C18H21N3O2. The molecule has 0 saturated carbocycles. The average Bonchev–Trinajstić information content (AvgIpc) is 2.90. The van der Waals surface area contributed by atoms with Crippen LogP contribution < -0.4 is 5.56 Å². The number of furan rings is 1. The van der Waals surface area contributed by atoms with Gasteiger partial charge in [-0.05, 0) is 49.1 Å². The van der Waals surface area contributed by atoms with E-state index >= 15 is 0 Å². The van der Waals surface area contributed by atoms with Crippen molar-refractivity contribution >= 4 is 22.2 Å². The molecule has 4 rings (SSSR count). The minimum Gasteiger partial charge on any atom is -0.430 e. The summed E-state index contributed by atoms with van der Waals surface area (Å²) in [5.41, 5.74) is 5.23. The van der Waals surface area contributed by atoms with Crippen LogP contribution >= 0.6 is 0 Å². The summed E-state index contributed by atoms with van der Waals surface area (Å²) in [5.74, 6) is 0.543. The number of aryl methyl sites for hydroxylation is 2. The second kappa shape index (κ2) is 5.18. The molecule has 120 valence electrons. The Hall–Kier alpha value is -2.17. The number of rotatable bonds is 2. The minimum atomic E-state index is -0.150. The molecule has 3 heterocycles. The van der Waals surface area contributed by atoms with Gasteiger partial charge in [0.1, 0.15) is 5.52 Å². The molecule has 0 fully saturated rings. The smallest absolute Gasteiger partial charge is 0.296 e. The van der Waals surface area contributed by atoms with E-state index < -0.39 is 0 Å². The van der Waals surface area contributed by atoms with Crippen LogP contribution in [0.3, 0.4) is 0 Å². The fourth-order valence-electron chi connectivity index (χ4n) is 3.63. The second-order valence-electron chi connectivity index (χ2n) is 6.94. The van der Waals surface area contributed by atoms with Gasteiger partial charge >= 0.3 is 0 Å². The number of hydrogen-bond donors (Lipinski definition) is 0. The van der Waals surface area contributed by atoms with Crippen LogP contribution in [0.15, 0.2) is 15.5 Å². The molecule has 5 nitrogen and oxygen atoms in total. The normalized spacial score (nSPS) is 14.8. The predicted octanol–water partition coefficient (Wildman–Crippen LogP) is 3.15. The zero-order chi connectivity index (χ0) is 16.1. The first kappa shape index (κ1) is 14.4. The van der Waals surface area contributed by atoms with E-state index in [0.717, 1.165) is 30.3 Å². The highest BCUT2D eigenvalue weighted by Crippen LogP contribution is 2.35. The van der Waals surface area contributed by atoms with Crippen molar-refractivity contribution in [3.63, 3.8) is 0 Å². The summed E-state index contributed by atoms with van der Waals surface area (Å²) < 4.78 is 7.30. The van der Waals surface area contributed by atoms with Crippen molar-refractivity contribution in [2.45, 2.75) is 46.0 Å². The average molecular weight is 311 g/mol. The van der Waals surface area contributed by atoms with Gasteiger partial charge in [0, 0.05) is 12.7 Å². The van der Waals surface area contributed by atoms with Gasteiger partial charge in [-0.3, -0.25) is 9.36 Å². The number of fused-ring (bicyclic) bond motifs is 5. The zero-order valence-corrected chi connectivity index (χ0v) is 13.8. The first-order valence-electron chi connectivity index (χ1n) is 8.34. The van der Waals surface area contributed by atoms with Gasteiger partial charge in [0.25, 0.3) is 5.56 Å². The highest BCUT2D eigenvalue weighted by molar-refractivity contribution is 6.03. The summed E-state index contributed by atoms with van der Waals surface area (Å²) >= 11 is 0. The van der Waals surface area contributed by atoms with E-state index in [0.29, 0.717) is 22.7 Å². The van der Waals surface area contributed by atoms with Crippen LogP contribution in [0.2, 0.25) is 0 Å². The van der Waals surface area contributed by atoms with Crippen molar-refractivity contribution in [2.75, 3.05) is 0 Å². The Balaban J connectivity index is 2.11. The molecule has 3 aromatic rings. The van der Waals surface area contributed by atoms with Gasteiger partial charge in [0.15, 0.2) is 0 Å². The van der Waals surface area contributed by atoms with Crippen LogP contribution in [-0.4, -0.2) is 14.5 Å². The Morgan fingerprint density at radius 2 is 2.00 bits per heavy atom. The van der Waals surface area contributed by atoms with E-state index in [1.54, 1.807) is 13.4 Å². The Kier molecular flexibility index (Phi) is 3.25. The summed E-state index contributed by atoms with van der Waals surface area (Å²) in [7, 11) is 1.69. The van der Waals surface area contributed by atoms with Gasteiger partial charge in [-0.1, -0.05) is 13.8 Å². The third-order valence-electron chi connectivity index (χ3n) is 4.70. The van der Waals surface area contributed by atoms with Crippen molar-refractivity contribution in [1.82, 2.24) is 14.5 Å². The molecule has 0 N–H and O–H groups in total. The van der Waals surface area contributed by atoms with Crippen molar-refractivity contribution in [3.05, 3.63) is 33.5 Å². The molecule has 0 spiro atoms. The maximum atomic E-state index is 12.3. The van der Waals surface area contributed by atoms with Crippen LogP contribution in [0.5, 0.6) is 0 Å². The molecule has 1 aliphatic rings. The third kappa shape index (κ3) is 2.18. The number of nitrogens with zero attached hydrogens (tertiary/aromatic N) is 3. The summed E-state index contributed by atoms with van der Waals surface area (Å²) in [6.07, 6.45) is 6.97. The summed E-state index contributed by atoms with van der Waals surface area (Å²) in [6.45, 7) is 4.41. The first-order chi connectivity index (χ1) is 11.1. The van der Waals surface area contributed by atoms with Crippen LogP contribution in [0.1, 0.15) is 43.5 Å². The molecule has 5 heteroatoms. The number of aromatic nitrogens is 3. The molecule has 0 atom stereocenters. The Bertz CT molecular complexity index is 966. The van der Waals surface area contributed by atoms with E-state index in [2.05, 4.69) is 18.8 Å². The number of hydrogen-bond acceptors (Lipinski definition) is 4. The molecule has 0 aromatic carbocycles. The van der Waals surface area contributed by atoms with E-state index in [1.165, 1.54) is 28.5 Å². The third-order valence-corrected chi connectivity index (χ3v) is 4.70. The maximum absolute atomic E-state index is 12.3. The second-order valence-corrected chi connectivity index (χ2v) is 6.94. The van der Waals surface area contributed by atoms with Crippen LogP contribution in [0, 0.1) is 5.92 Å². The minimum absolute atomic E-state index is 0.150. The molecule has 0 aliphatic heterocycles. The monoisotopic (exact) mass is 311 g/mol. The fourth-order valence-corrected chi connectivity index (χ4v) is 3.63. The van der Waals surface area contributed by atoms with Gasteiger partial charge in [-0.25, -0.2) is 9.97 Å². The fraction of sp³-hybridized carbons (Fsp3) is 0.500. The van der Waals surface area contributed by atoms with Gasteiger partial charge < -0.3 is 4.42 Å². The van der Waals surface area contributed by atoms with Crippen LogP contribution in [0.4, 0.5) is 0 Å².